The molecule has 1 spiro atoms. The Bertz CT molecular complexity index is 262. The Hall–Kier alpha value is -0.120. The second kappa shape index (κ2) is 5.48. The molecule has 1 unspecified atom stereocenters. The molecular formula is C15H27NO2. The van der Waals surface area contributed by atoms with Crippen LogP contribution in [0.1, 0.15) is 58.3 Å². The molecule has 0 amide bonds. The van der Waals surface area contributed by atoms with Gasteiger partial charge in [-0.25, -0.2) is 0 Å². The Labute approximate surface area is 111 Å². The summed E-state index contributed by atoms with van der Waals surface area (Å²) in [4.78, 5) is 0. The van der Waals surface area contributed by atoms with E-state index < -0.39 is 0 Å². The molecule has 0 bridgehead atoms. The van der Waals surface area contributed by atoms with E-state index in [-0.39, 0.29) is 5.79 Å². The molecule has 1 N–H and O–H groups in total. The SMILES string of the molecule is CCC(CC1CC1)NC1CCC2(CC1)OCCO2. The minimum absolute atomic E-state index is 0.198. The van der Waals surface area contributed by atoms with Gasteiger partial charge in [0.15, 0.2) is 5.79 Å². The van der Waals surface area contributed by atoms with Gasteiger partial charge in [-0.2, -0.15) is 0 Å². The third-order valence-electron chi connectivity index (χ3n) is 4.84. The molecule has 1 saturated heterocycles. The van der Waals surface area contributed by atoms with E-state index >= 15 is 0 Å². The van der Waals surface area contributed by atoms with Crippen LogP contribution >= 0.6 is 0 Å². The summed E-state index contributed by atoms with van der Waals surface area (Å²) in [5.74, 6) is 0.829. The van der Waals surface area contributed by atoms with Gasteiger partial charge in [0.05, 0.1) is 13.2 Å². The molecule has 1 atom stereocenters. The Morgan fingerprint density at radius 3 is 2.33 bits per heavy atom. The normalized spacial score (nSPS) is 29.8. The summed E-state index contributed by atoms with van der Waals surface area (Å²) >= 11 is 0. The zero-order valence-corrected chi connectivity index (χ0v) is 11.6. The molecule has 1 aliphatic heterocycles. The number of ether oxygens (including phenoxy) is 2. The van der Waals surface area contributed by atoms with Gasteiger partial charge in [0.1, 0.15) is 0 Å². The fraction of sp³-hybridized carbons (Fsp3) is 1.00. The average Bonchev–Trinajstić information content (AvgIpc) is 3.10. The van der Waals surface area contributed by atoms with Gasteiger partial charge in [0, 0.05) is 24.9 Å². The molecule has 3 fully saturated rings. The fourth-order valence-electron chi connectivity index (χ4n) is 3.45. The molecular weight excluding hydrogens is 226 g/mol. The quantitative estimate of drug-likeness (QED) is 0.817. The summed E-state index contributed by atoms with van der Waals surface area (Å²) in [7, 11) is 0. The van der Waals surface area contributed by atoms with Gasteiger partial charge in [-0.05, 0) is 31.6 Å². The van der Waals surface area contributed by atoms with Crippen LogP contribution in [0.4, 0.5) is 0 Å². The highest BCUT2D eigenvalue weighted by atomic mass is 16.7. The fourth-order valence-corrected chi connectivity index (χ4v) is 3.45. The van der Waals surface area contributed by atoms with Crippen LogP contribution in [0.25, 0.3) is 0 Å². The molecule has 3 nitrogen and oxygen atoms in total. The maximum absolute atomic E-state index is 5.79. The lowest BCUT2D eigenvalue weighted by molar-refractivity contribution is -0.179. The maximum atomic E-state index is 5.79. The molecule has 3 heteroatoms. The minimum Gasteiger partial charge on any atom is -0.348 e. The summed E-state index contributed by atoms with van der Waals surface area (Å²) in [5, 5.41) is 3.87. The monoisotopic (exact) mass is 253 g/mol. The van der Waals surface area contributed by atoms with Crippen LogP contribution in [0, 0.1) is 5.92 Å². The minimum atomic E-state index is -0.198. The van der Waals surface area contributed by atoms with Gasteiger partial charge in [-0.15, -0.1) is 0 Å². The van der Waals surface area contributed by atoms with Gasteiger partial charge >= 0.3 is 0 Å². The third kappa shape index (κ3) is 3.06. The van der Waals surface area contributed by atoms with Crippen molar-refractivity contribution < 1.29 is 9.47 Å². The van der Waals surface area contributed by atoms with Crippen molar-refractivity contribution in [1.29, 1.82) is 0 Å². The molecule has 18 heavy (non-hydrogen) atoms. The Morgan fingerprint density at radius 1 is 1.11 bits per heavy atom. The Morgan fingerprint density at radius 2 is 1.78 bits per heavy atom. The van der Waals surface area contributed by atoms with Crippen molar-refractivity contribution in [3.8, 4) is 0 Å². The van der Waals surface area contributed by atoms with Crippen molar-refractivity contribution in [2.45, 2.75) is 76.2 Å². The first kappa shape index (κ1) is 12.9. The molecule has 0 aromatic carbocycles. The molecule has 2 saturated carbocycles. The van der Waals surface area contributed by atoms with Crippen LogP contribution in [0.5, 0.6) is 0 Å². The Kier molecular flexibility index (Phi) is 3.92. The number of nitrogens with one attached hydrogen (secondary N) is 1. The van der Waals surface area contributed by atoms with Crippen molar-refractivity contribution in [2.75, 3.05) is 13.2 Å². The second-order valence-electron chi connectivity index (χ2n) is 6.33. The maximum Gasteiger partial charge on any atom is 0.168 e. The average molecular weight is 253 g/mol. The third-order valence-corrected chi connectivity index (χ3v) is 4.84. The summed E-state index contributed by atoms with van der Waals surface area (Å²) < 4.78 is 11.6. The zero-order chi connectivity index (χ0) is 12.4. The van der Waals surface area contributed by atoms with Crippen molar-refractivity contribution in [2.24, 2.45) is 5.92 Å². The molecule has 0 aromatic rings. The molecule has 3 aliphatic rings. The van der Waals surface area contributed by atoms with Crippen molar-refractivity contribution in [1.82, 2.24) is 5.32 Å². The van der Waals surface area contributed by atoms with Gasteiger partial charge < -0.3 is 14.8 Å². The van der Waals surface area contributed by atoms with Gasteiger partial charge in [-0.1, -0.05) is 19.8 Å². The van der Waals surface area contributed by atoms with Crippen LogP contribution < -0.4 is 5.32 Å². The summed E-state index contributed by atoms with van der Waals surface area (Å²) in [6.07, 6.45) is 10.2. The first-order valence-electron chi connectivity index (χ1n) is 7.83. The highest BCUT2D eigenvalue weighted by molar-refractivity contribution is 4.88. The predicted molar refractivity (Wildman–Crippen MR) is 71.4 cm³/mol. The van der Waals surface area contributed by atoms with E-state index in [9.17, 15) is 0 Å². The van der Waals surface area contributed by atoms with Crippen molar-refractivity contribution in [3.63, 3.8) is 0 Å². The summed E-state index contributed by atoms with van der Waals surface area (Å²) in [6.45, 7) is 3.89. The number of hydrogen-bond acceptors (Lipinski definition) is 3. The van der Waals surface area contributed by atoms with Crippen LogP contribution in [-0.2, 0) is 9.47 Å². The van der Waals surface area contributed by atoms with Gasteiger partial charge in [-0.3, -0.25) is 0 Å². The highest BCUT2D eigenvalue weighted by Crippen LogP contribution is 2.37. The van der Waals surface area contributed by atoms with E-state index in [1.165, 1.54) is 38.5 Å². The lowest BCUT2D eigenvalue weighted by Gasteiger charge is -2.37. The number of hydrogen-bond donors (Lipinski definition) is 1. The smallest absolute Gasteiger partial charge is 0.168 e. The lowest BCUT2D eigenvalue weighted by Crippen LogP contribution is -2.45. The molecule has 104 valence electrons. The van der Waals surface area contributed by atoms with Gasteiger partial charge in [0.2, 0.25) is 0 Å². The van der Waals surface area contributed by atoms with Gasteiger partial charge in [0.25, 0.3) is 0 Å². The molecule has 0 aromatic heterocycles. The summed E-state index contributed by atoms with van der Waals surface area (Å²) in [6, 6.07) is 1.43. The predicted octanol–water partition coefficient (Wildman–Crippen LogP) is 2.84. The van der Waals surface area contributed by atoms with Crippen LogP contribution in [0.3, 0.4) is 0 Å². The Balaban J connectivity index is 1.43. The largest absolute Gasteiger partial charge is 0.348 e. The highest BCUT2D eigenvalue weighted by Gasteiger charge is 2.40. The van der Waals surface area contributed by atoms with Crippen LogP contribution in [-0.4, -0.2) is 31.1 Å². The summed E-state index contributed by atoms with van der Waals surface area (Å²) in [5.41, 5.74) is 0. The van der Waals surface area contributed by atoms with Crippen molar-refractivity contribution >= 4 is 0 Å². The lowest BCUT2D eigenvalue weighted by atomic mass is 9.89. The van der Waals surface area contributed by atoms with E-state index in [0.29, 0.717) is 6.04 Å². The standard InChI is InChI=1S/C15H27NO2/c1-2-13(11-12-3-4-12)16-14-5-7-15(8-6-14)17-9-10-18-15/h12-14,16H,2-11H2,1H3. The zero-order valence-electron chi connectivity index (χ0n) is 11.6. The van der Waals surface area contributed by atoms with E-state index in [1.54, 1.807) is 0 Å². The molecule has 2 aliphatic carbocycles. The second-order valence-corrected chi connectivity index (χ2v) is 6.33. The molecule has 1 heterocycles. The molecule has 3 rings (SSSR count). The van der Waals surface area contributed by atoms with E-state index in [0.717, 1.165) is 38.0 Å². The van der Waals surface area contributed by atoms with E-state index in [4.69, 9.17) is 9.47 Å². The van der Waals surface area contributed by atoms with E-state index in [1.807, 2.05) is 0 Å². The van der Waals surface area contributed by atoms with Crippen LogP contribution in [0.15, 0.2) is 0 Å². The first-order valence-corrected chi connectivity index (χ1v) is 7.83. The topological polar surface area (TPSA) is 30.5 Å². The van der Waals surface area contributed by atoms with Crippen LogP contribution in [0.2, 0.25) is 0 Å². The van der Waals surface area contributed by atoms with E-state index in [2.05, 4.69) is 12.2 Å². The first-order chi connectivity index (χ1) is 8.80. The molecule has 0 radical (unpaired) electrons. The number of rotatable bonds is 5. The van der Waals surface area contributed by atoms with Crippen molar-refractivity contribution in [3.05, 3.63) is 0 Å².